The van der Waals surface area contributed by atoms with Crippen molar-refractivity contribution >= 4 is 0 Å². The van der Waals surface area contributed by atoms with Crippen LogP contribution in [0, 0.1) is 11.3 Å². The number of nitrogens with zero attached hydrogens (tertiary/aromatic N) is 2. The number of hydrogen-bond donors (Lipinski definition) is 1. The van der Waals surface area contributed by atoms with Crippen molar-refractivity contribution in [3.8, 4) is 22.9 Å². The van der Waals surface area contributed by atoms with Crippen LogP contribution in [0.15, 0.2) is 36.4 Å². The van der Waals surface area contributed by atoms with Gasteiger partial charge >= 0.3 is 6.36 Å². The van der Waals surface area contributed by atoms with E-state index in [-0.39, 0.29) is 29.1 Å². The fraction of sp³-hybridized carbons (Fsp3) is 0.143. The van der Waals surface area contributed by atoms with Crippen LogP contribution >= 0.6 is 0 Å². The number of hydrogen-bond acceptors (Lipinski definition) is 4. The van der Waals surface area contributed by atoms with Crippen LogP contribution in [0.5, 0.6) is 5.75 Å². The Morgan fingerprint density at radius 2 is 1.86 bits per heavy atom. The molecule has 0 fully saturated rings. The monoisotopic (exact) mass is 293 g/mol. The van der Waals surface area contributed by atoms with E-state index in [2.05, 4.69) is 9.72 Å². The number of aromatic nitrogens is 1. The van der Waals surface area contributed by atoms with Gasteiger partial charge in [0.25, 0.3) is 0 Å². The van der Waals surface area contributed by atoms with Gasteiger partial charge < -0.3 is 10.5 Å². The summed E-state index contributed by atoms with van der Waals surface area (Å²) in [6, 6.07) is 10.5. The molecule has 0 aliphatic carbocycles. The number of pyridine rings is 1. The standard InChI is InChI=1S/C14H10F3N3O/c15-14(16,17)21-13-4-2-1-3-11(13)10-6-5-9(7-18)20-12(10)8-19/h1-6H,7,18H2. The molecule has 0 aliphatic rings. The quantitative estimate of drug-likeness (QED) is 0.944. The number of rotatable bonds is 3. The van der Waals surface area contributed by atoms with E-state index >= 15 is 0 Å². The first-order valence-corrected chi connectivity index (χ1v) is 5.90. The number of nitrogens with two attached hydrogens (primary N) is 1. The lowest BCUT2D eigenvalue weighted by atomic mass is 10.0. The highest BCUT2D eigenvalue weighted by molar-refractivity contribution is 5.74. The van der Waals surface area contributed by atoms with Crippen LogP contribution in [0.25, 0.3) is 11.1 Å². The van der Waals surface area contributed by atoms with Gasteiger partial charge in [0.2, 0.25) is 0 Å². The van der Waals surface area contributed by atoms with Crippen molar-refractivity contribution in [2.45, 2.75) is 12.9 Å². The van der Waals surface area contributed by atoms with Crippen LogP contribution in [0.4, 0.5) is 13.2 Å². The van der Waals surface area contributed by atoms with Crippen molar-refractivity contribution in [1.29, 1.82) is 5.26 Å². The third kappa shape index (κ3) is 3.49. The maximum Gasteiger partial charge on any atom is 0.573 e. The zero-order chi connectivity index (χ0) is 15.5. The zero-order valence-electron chi connectivity index (χ0n) is 10.7. The van der Waals surface area contributed by atoms with Crippen LogP contribution in [0.3, 0.4) is 0 Å². The van der Waals surface area contributed by atoms with Gasteiger partial charge in [0, 0.05) is 17.7 Å². The minimum Gasteiger partial charge on any atom is -0.405 e. The molecule has 7 heteroatoms. The number of benzene rings is 1. The van der Waals surface area contributed by atoms with Crippen molar-refractivity contribution in [1.82, 2.24) is 4.98 Å². The van der Waals surface area contributed by atoms with Gasteiger partial charge in [-0.3, -0.25) is 0 Å². The molecule has 0 bridgehead atoms. The third-order valence-corrected chi connectivity index (χ3v) is 2.67. The third-order valence-electron chi connectivity index (χ3n) is 2.67. The highest BCUT2D eigenvalue weighted by Crippen LogP contribution is 2.34. The molecular weight excluding hydrogens is 283 g/mol. The molecule has 0 saturated carbocycles. The lowest BCUT2D eigenvalue weighted by Gasteiger charge is -2.14. The van der Waals surface area contributed by atoms with Crippen molar-refractivity contribution in [3.05, 3.63) is 47.8 Å². The van der Waals surface area contributed by atoms with E-state index < -0.39 is 6.36 Å². The second-order valence-corrected chi connectivity index (χ2v) is 4.06. The molecule has 1 heterocycles. The summed E-state index contributed by atoms with van der Waals surface area (Å²) in [7, 11) is 0. The van der Waals surface area contributed by atoms with E-state index in [1.165, 1.54) is 24.3 Å². The topological polar surface area (TPSA) is 71.9 Å². The van der Waals surface area contributed by atoms with E-state index in [4.69, 9.17) is 11.0 Å². The van der Waals surface area contributed by atoms with Crippen LogP contribution < -0.4 is 10.5 Å². The smallest absolute Gasteiger partial charge is 0.405 e. The fourth-order valence-corrected chi connectivity index (χ4v) is 1.82. The maximum absolute atomic E-state index is 12.4. The van der Waals surface area contributed by atoms with Gasteiger partial charge in [0.15, 0.2) is 0 Å². The molecule has 2 aromatic rings. The molecule has 4 nitrogen and oxygen atoms in total. The Bertz CT molecular complexity index is 693. The van der Waals surface area contributed by atoms with E-state index in [0.29, 0.717) is 5.69 Å². The lowest BCUT2D eigenvalue weighted by molar-refractivity contribution is -0.274. The minimum atomic E-state index is -4.81. The summed E-state index contributed by atoms with van der Waals surface area (Å²) in [6.45, 7) is 0.135. The van der Waals surface area contributed by atoms with E-state index in [1.807, 2.05) is 6.07 Å². The zero-order valence-corrected chi connectivity index (χ0v) is 10.7. The molecule has 2 rings (SSSR count). The predicted octanol–water partition coefficient (Wildman–Crippen LogP) is 2.98. The predicted molar refractivity (Wildman–Crippen MR) is 69.0 cm³/mol. The molecule has 1 aromatic carbocycles. The summed E-state index contributed by atoms with van der Waals surface area (Å²) in [5, 5.41) is 9.11. The van der Waals surface area contributed by atoms with Crippen LogP contribution in [0.2, 0.25) is 0 Å². The van der Waals surface area contributed by atoms with E-state index in [9.17, 15) is 13.2 Å². The Kier molecular flexibility index (Phi) is 4.10. The summed E-state index contributed by atoms with van der Waals surface area (Å²) in [4.78, 5) is 4.00. The molecule has 0 aliphatic heterocycles. The van der Waals surface area contributed by atoms with Crippen LogP contribution in [0.1, 0.15) is 11.4 Å². The first-order chi connectivity index (χ1) is 9.94. The average molecular weight is 293 g/mol. The normalized spacial score (nSPS) is 11.0. The Morgan fingerprint density at radius 3 is 2.48 bits per heavy atom. The first-order valence-electron chi connectivity index (χ1n) is 5.90. The van der Waals surface area contributed by atoms with E-state index in [0.717, 1.165) is 0 Å². The van der Waals surface area contributed by atoms with Gasteiger partial charge in [-0.2, -0.15) is 5.26 Å². The Balaban J connectivity index is 2.55. The highest BCUT2D eigenvalue weighted by Gasteiger charge is 2.32. The maximum atomic E-state index is 12.4. The molecule has 0 amide bonds. The molecule has 0 radical (unpaired) electrons. The van der Waals surface area contributed by atoms with Gasteiger partial charge in [-0.05, 0) is 18.2 Å². The number of halogens is 3. The van der Waals surface area contributed by atoms with Crippen molar-refractivity contribution < 1.29 is 17.9 Å². The molecule has 108 valence electrons. The van der Waals surface area contributed by atoms with Gasteiger partial charge in [-0.15, -0.1) is 13.2 Å². The Hall–Kier alpha value is -2.59. The molecule has 1 aromatic heterocycles. The molecule has 2 N–H and O–H groups in total. The SMILES string of the molecule is N#Cc1nc(CN)ccc1-c1ccccc1OC(F)(F)F. The summed E-state index contributed by atoms with van der Waals surface area (Å²) in [5.74, 6) is -0.385. The van der Waals surface area contributed by atoms with Gasteiger partial charge in [0.1, 0.15) is 17.5 Å². The van der Waals surface area contributed by atoms with Gasteiger partial charge in [0.05, 0.1) is 5.69 Å². The molecule has 0 unspecified atom stereocenters. The van der Waals surface area contributed by atoms with Crippen molar-refractivity contribution in [2.75, 3.05) is 0 Å². The highest BCUT2D eigenvalue weighted by atomic mass is 19.4. The lowest BCUT2D eigenvalue weighted by Crippen LogP contribution is -2.17. The summed E-state index contributed by atoms with van der Waals surface area (Å²) in [6.07, 6.45) is -4.81. The average Bonchev–Trinajstić information content (AvgIpc) is 2.45. The fourth-order valence-electron chi connectivity index (χ4n) is 1.82. The van der Waals surface area contributed by atoms with Gasteiger partial charge in [-0.1, -0.05) is 18.2 Å². The second-order valence-electron chi connectivity index (χ2n) is 4.06. The largest absolute Gasteiger partial charge is 0.573 e. The number of para-hydroxylation sites is 1. The minimum absolute atomic E-state index is 0.00354. The molecule has 0 spiro atoms. The van der Waals surface area contributed by atoms with Crippen molar-refractivity contribution in [3.63, 3.8) is 0 Å². The number of ether oxygens (including phenoxy) is 1. The number of alkyl halides is 3. The molecular formula is C14H10F3N3O. The molecule has 0 saturated heterocycles. The molecule has 0 atom stereocenters. The summed E-state index contributed by atoms with van der Waals surface area (Å²) < 4.78 is 41.2. The summed E-state index contributed by atoms with van der Waals surface area (Å²) >= 11 is 0. The van der Waals surface area contributed by atoms with Crippen molar-refractivity contribution in [2.24, 2.45) is 5.73 Å². The summed E-state index contributed by atoms with van der Waals surface area (Å²) in [5.41, 5.74) is 6.30. The Labute approximate surface area is 118 Å². The van der Waals surface area contributed by atoms with Crippen LogP contribution in [-0.4, -0.2) is 11.3 Å². The number of nitriles is 1. The first kappa shape index (κ1) is 14.8. The van der Waals surface area contributed by atoms with Crippen LogP contribution in [-0.2, 0) is 6.54 Å². The second kappa shape index (κ2) is 5.81. The molecule has 21 heavy (non-hydrogen) atoms. The Morgan fingerprint density at radius 1 is 1.14 bits per heavy atom. The van der Waals surface area contributed by atoms with E-state index in [1.54, 1.807) is 12.1 Å². The van der Waals surface area contributed by atoms with Gasteiger partial charge in [-0.25, -0.2) is 4.98 Å².